The quantitative estimate of drug-likeness (QED) is 0.525. The number of nitrogens with zero attached hydrogens (tertiary/aromatic N) is 2. The van der Waals surface area contributed by atoms with E-state index in [1.807, 2.05) is 0 Å². The normalized spacial score (nSPS) is 11.2. The maximum Gasteiger partial charge on any atom is 0.190 e. The first-order valence-corrected chi connectivity index (χ1v) is 7.08. The van der Waals surface area contributed by atoms with Crippen LogP contribution in [0.1, 0.15) is 10.4 Å². The Balaban J connectivity index is 2.35. The van der Waals surface area contributed by atoms with Crippen LogP contribution in [0, 0.1) is 13.8 Å². The van der Waals surface area contributed by atoms with E-state index in [9.17, 15) is 0 Å². The highest BCUT2D eigenvalue weighted by atomic mass is 32.2. The molecule has 6 heteroatoms. The molecule has 0 amide bonds. The fourth-order valence-electron chi connectivity index (χ4n) is 1.54. The number of thioether (sulfide) groups is 1. The first kappa shape index (κ1) is 12.6. The molecule has 2 aromatic rings. The van der Waals surface area contributed by atoms with Crippen LogP contribution in [0.15, 0.2) is 5.16 Å². The molecule has 2 aromatic heterocycles. The van der Waals surface area contributed by atoms with Gasteiger partial charge < -0.3 is 10.5 Å². The third kappa shape index (κ3) is 2.53. The predicted molar refractivity (Wildman–Crippen MR) is 73.9 cm³/mol. The molecule has 0 atom stereocenters. The number of ether oxygens (including phenoxy) is 1. The van der Waals surface area contributed by atoms with Crippen LogP contribution in [0.5, 0.6) is 0 Å². The van der Waals surface area contributed by atoms with Crippen molar-refractivity contribution in [3.8, 4) is 0 Å². The molecule has 2 heterocycles. The number of hydrogen-bond donors (Lipinski definition) is 1. The molecule has 0 aliphatic carbocycles. The van der Waals surface area contributed by atoms with E-state index in [1.165, 1.54) is 10.4 Å². The number of aromatic nitrogens is 2. The van der Waals surface area contributed by atoms with Crippen LogP contribution < -0.4 is 5.73 Å². The lowest BCUT2D eigenvalue weighted by molar-refractivity contribution is 0.218. The van der Waals surface area contributed by atoms with Crippen molar-refractivity contribution >= 4 is 39.1 Å². The number of aryl methyl sites for hydroxylation is 2. The summed E-state index contributed by atoms with van der Waals surface area (Å²) in [6.07, 6.45) is 0. The summed E-state index contributed by atoms with van der Waals surface area (Å²) in [4.78, 5) is 11.1. The minimum atomic E-state index is 0.580. The monoisotopic (exact) mass is 269 g/mol. The lowest BCUT2D eigenvalue weighted by atomic mass is 10.2. The molecule has 0 saturated heterocycles. The zero-order valence-corrected chi connectivity index (χ0v) is 11.7. The summed E-state index contributed by atoms with van der Waals surface area (Å²) in [6.45, 7) is 4.83. The zero-order valence-electron chi connectivity index (χ0n) is 10.1. The third-order valence-corrected chi connectivity index (χ3v) is 4.47. The van der Waals surface area contributed by atoms with E-state index in [0.29, 0.717) is 12.4 Å². The standard InChI is InChI=1S/C11H15N3OS2/c1-6-7(2)17-10-8(6)9(12)13-11(14-10)16-5-4-15-3/h4-5H2,1-3H3,(H2,12,13,14). The minimum Gasteiger partial charge on any atom is -0.384 e. The summed E-state index contributed by atoms with van der Waals surface area (Å²) in [5, 5.41) is 1.73. The van der Waals surface area contributed by atoms with Crippen molar-refractivity contribution in [1.29, 1.82) is 0 Å². The number of rotatable bonds is 4. The molecule has 4 nitrogen and oxygen atoms in total. The van der Waals surface area contributed by atoms with Crippen molar-refractivity contribution in [1.82, 2.24) is 9.97 Å². The number of thiophene rings is 1. The van der Waals surface area contributed by atoms with Crippen molar-refractivity contribution < 1.29 is 4.74 Å². The second-order valence-corrected chi connectivity index (χ2v) is 5.96. The fourth-order valence-corrected chi connectivity index (χ4v) is 3.39. The first-order valence-electron chi connectivity index (χ1n) is 5.28. The SMILES string of the molecule is COCCSc1nc(N)c2c(C)c(C)sc2n1. The highest BCUT2D eigenvalue weighted by Crippen LogP contribution is 2.33. The predicted octanol–water partition coefficient (Wildman–Crippen LogP) is 2.63. The van der Waals surface area contributed by atoms with Crippen LogP contribution in [0.3, 0.4) is 0 Å². The molecule has 0 aliphatic heterocycles. The lowest BCUT2D eigenvalue weighted by Crippen LogP contribution is -1.98. The molecule has 17 heavy (non-hydrogen) atoms. The molecule has 0 radical (unpaired) electrons. The van der Waals surface area contributed by atoms with Crippen LogP contribution in [0.25, 0.3) is 10.2 Å². The Morgan fingerprint density at radius 1 is 1.35 bits per heavy atom. The molecule has 2 rings (SSSR count). The van der Waals surface area contributed by atoms with Crippen LogP contribution in [0.4, 0.5) is 5.82 Å². The van der Waals surface area contributed by atoms with Gasteiger partial charge in [0.2, 0.25) is 0 Å². The average molecular weight is 269 g/mol. The zero-order chi connectivity index (χ0) is 12.4. The van der Waals surface area contributed by atoms with E-state index < -0.39 is 0 Å². The molecule has 0 bridgehead atoms. The molecule has 2 N–H and O–H groups in total. The van der Waals surface area contributed by atoms with Crippen LogP contribution in [-0.4, -0.2) is 29.4 Å². The summed E-state index contributed by atoms with van der Waals surface area (Å²) in [6, 6.07) is 0. The van der Waals surface area contributed by atoms with Gasteiger partial charge >= 0.3 is 0 Å². The largest absolute Gasteiger partial charge is 0.384 e. The smallest absolute Gasteiger partial charge is 0.190 e. The van der Waals surface area contributed by atoms with Gasteiger partial charge in [0, 0.05) is 17.7 Å². The molecule has 0 aromatic carbocycles. The van der Waals surface area contributed by atoms with E-state index in [-0.39, 0.29) is 0 Å². The Bertz CT molecular complexity index is 539. The van der Waals surface area contributed by atoms with Gasteiger partial charge in [-0.05, 0) is 19.4 Å². The van der Waals surface area contributed by atoms with Crippen LogP contribution in [-0.2, 0) is 4.74 Å². The van der Waals surface area contributed by atoms with Gasteiger partial charge in [0.05, 0.1) is 12.0 Å². The second-order valence-electron chi connectivity index (χ2n) is 3.70. The van der Waals surface area contributed by atoms with Gasteiger partial charge in [-0.15, -0.1) is 11.3 Å². The van der Waals surface area contributed by atoms with E-state index in [1.54, 1.807) is 30.2 Å². The molecular formula is C11H15N3OS2. The Morgan fingerprint density at radius 3 is 2.82 bits per heavy atom. The second kappa shape index (κ2) is 5.20. The van der Waals surface area contributed by atoms with Crippen molar-refractivity contribution in [3.63, 3.8) is 0 Å². The highest BCUT2D eigenvalue weighted by Gasteiger charge is 2.12. The molecule has 0 fully saturated rings. The Kier molecular flexibility index (Phi) is 3.86. The average Bonchev–Trinajstić information content (AvgIpc) is 2.55. The summed E-state index contributed by atoms with van der Waals surface area (Å²) in [7, 11) is 1.69. The third-order valence-electron chi connectivity index (χ3n) is 2.55. The fraction of sp³-hybridized carbons (Fsp3) is 0.455. The summed E-state index contributed by atoms with van der Waals surface area (Å²) in [5.74, 6) is 1.42. The number of hydrogen-bond acceptors (Lipinski definition) is 6. The first-order chi connectivity index (χ1) is 8.13. The van der Waals surface area contributed by atoms with Gasteiger partial charge in [0.25, 0.3) is 0 Å². The Morgan fingerprint density at radius 2 is 2.12 bits per heavy atom. The van der Waals surface area contributed by atoms with Crippen LogP contribution >= 0.6 is 23.1 Å². The van der Waals surface area contributed by atoms with E-state index in [2.05, 4.69) is 23.8 Å². The van der Waals surface area contributed by atoms with Crippen molar-refractivity contribution in [2.24, 2.45) is 0 Å². The number of nitrogens with two attached hydrogens (primary N) is 1. The van der Waals surface area contributed by atoms with E-state index in [4.69, 9.17) is 10.5 Å². The van der Waals surface area contributed by atoms with E-state index >= 15 is 0 Å². The van der Waals surface area contributed by atoms with Gasteiger partial charge in [-0.1, -0.05) is 11.8 Å². The van der Waals surface area contributed by atoms with Crippen molar-refractivity contribution in [2.75, 3.05) is 25.2 Å². The molecule has 0 spiro atoms. The number of nitrogen functional groups attached to an aromatic ring is 1. The van der Waals surface area contributed by atoms with Gasteiger partial charge in [-0.3, -0.25) is 0 Å². The molecule has 0 aliphatic rings. The lowest BCUT2D eigenvalue weighted by Gasteiger charge is -2.02. The maximum absolute atomic E-state index is 5.99. The van der Waals surface area contributed by atoms with Gasteiger partial charge in [-0.25, -0.2) is 9.97 Å². The van der Waals surface area contributed by atoms with Crippen molar-refractivity contribution in [2.45, 2.75) is 19.0 Å². The molecule has 92 valence electrons. The molecule has 0 unspecified atom stereocenters. The minimum absolute atomic E-state index is 0.580. The topological polar surface area (TPSA) is 61.0 Å². The summed E-state index contributed by atoms with van der Waals surface area (Å²) < 4.78 is 5.00. The molecular weight excluding hydrogens is 254 g/mol. The maximum atomic E-state index is 5.99. The number of methoxy groups -OCH3 is 1. The molecule has 0 saturated carbocycles. The van der Waals surface area contributed by atoms with Gasteiger partial charge in [0.1, 0.15) is 10.6 Å². The van der Waals surface area contributed by atoms with E-state index in [0.717, 1.165) is 21.1 Å². The Hall–Kier alpha value is -0.850. The van der Waals surface area contributed by atoms with Crippen molar-refractivity contribution in [3.05, 3.63) is 10.4 Å². The van der Waals surface area contributed by atoms with Crippen LogP contribution in [0.2, 0.25) is 0 Å². The summed E-state index contributed by atoms with van der Waals surface area (Å²) >= 11 is 3.24. The number of anilines is 1. The highest BCUT2D eigenvalue weighted by molar-refractivity contribution is 7.99. The Labute approximate surface area is 109 Å². The van der Waals surface area contributed by atoms with Gasteiger partial charge in [-0.2, -0.15) is 0 Å². The summed E-state index contributed by atoms with van der Waals surface area (Å²) in [5.41, 5.74) is 7.18. The number of fused-ring (bicyclic) bond motifs is 1. The van der Waals surface area contributed by atoms with Gasteiger partial charge in [0.15, 0.2) is 5.16 Å².